The Bertz CT molecular complexity index is 405. The van der Waals surface area contributed by atoms with E-state index in [4.69, 9.17) is 9.47 Å². The lowest BCUT2D eigenvalue weighted by Crippen LogP contribution is -1.97. The van der Waals surface area contributed by atoms with Crippen LogP contribution in [0.5, 0.6) is 11.5 Å². The third-order valence-corrected chi connectivity index (χ3v) is 2.06. The van der Waals surface area contributed by atoms with E-state index in [0.29, 0.717) is 13.2 Å². The molecule has 0 radical (unpaired) electrons. The van der Waals surface area contributed by atoms with Crippen molar-refractivity contribution >= 4 is 6.08 Å². The van der Waals surface area contributed by atoms with Gasteiger partial charge in [0.2, 0.25) is 0 Å². The Balaban J connectivity index is 2.91. The minimum atomic E-state index is 0.482. The molecule has 90 valence electrons. The summed E-state index contributed by atoms with van der Waals surface area (Å²) >= 11 is 0. The van der Waals surface area contributed by atoms with Crippen molar-refractivity contribution in [2.24, 2.45) is 0 Å². The normalized spacial score (nSPS) is 10.2. The van der Waals surface area contributed by atoms with Gasteiger partial charge in [-0.3, -0.25) is 0 Å². The maximum Gasteiger partial charge on any atom is 0.130 e. The highest BCUT2D eigenvalue weighted by Gasteiger charge is 2.03. The minimum absolute atomic E-state index is 0.482. The Labute approximate surface area is 103 Å². The van der Waals surface area contributed by atoms with Crippen LogP contribution in [0.15, 0.2) is 49.6 Å². The Morgan fingerprint density at radius 1 is 1.12 bits per heavy atom. The lowest BCUT2D eigenvalue weighted by atomic mass is 10.2. The predicted molar refractivity (Wildman–Crippen MR) is 72.5 cm³/mol. The summed E-state index contributed by atoms with van der Waals surface area (Å²) in [7, 11) is 0. The lowest BCUT2D eigenvalue weighted by Gasteiger charge is -2.10. The Morgan fingerprint density at radius 3 is 2.47 bits per heavy atom. The van der Waals surface area contributed by atoms with Crippen LogP contribution in [0.4, 0.5) is 0 Å². The Hall–Kier alpha value is -1.96. The first kappa shape index (κ1) is 13.1. The minimum Gasteiger partial charge on any atom is -0.489 e. The molecular weight excluding hydrogens is 212 g/mol. The summed E-state index contributed by atoms with van der Waals surface area (Å²) in [4.78, 5) is 0. The lowest BCUT2D eigenvalue weighted by molar-refractivity contribution is 0.344. The van der Waals surface area contributed by atoms with Gasteiger partial charge in [-0.2, -0.15) is 0 Å². The molecule has 0 spiro atoms. The number of rotatable bonds is 7. The summed E-state index contributed by atoms with van der Waals surface area (Å²) in [6.07, 6.45) is 7.40. The fourth-order valence-electron chi connectivity index (χ4n) is 1.35. The summed E-state index contributed by atoms with van der Waals surface area (Å²) in [6, 6.07) is 5.76. The van der Waals surface area contributed by atoms with E-state index >= 15 is 0 Å². The molecule has 2 heteroatoms. The number of allylic oxidation sites excluding steroid dienone is 1. The maximum absolute atomic E-state index is 5.58. The number of ether oxygens (including phenoxy) is 2. The summed E-state index contributed by atoms with van der Waals surface area (Å²) in [5.41, 5.74) is 1.03. The fourth-order valence-corrected chi connectivity index (χ4v) is 1.35. The quantitative estimate of drug-likeness (QED) is 0.662. The Kier molecular flexibility index (Phi) is 5.66. The number of hydrogen-bond acceptors (Lipinski definition) is 2. The van der Waals surface area contributed by atoms with E-state index < -0.39 is 0 Å². The van der Waals surface area contributed by atoms with Gasteiger partial charge in [0.15, 0.2) is 0 Å². The highest BCUT2D eigenvalue weighted by atomic mass is 16.5. The van der Waals surface area contributed by atoms with Crippen molar-refractivity contribution in [1.82, 2.24) is 0 Å². The van der Waals surface area contributed by atoms with Crippen LogP contribution in [-0.2, 0) is 0 Å². The summed E-state index contributed by atoms with van der Waals surface area (Å²) < 4.78 is 11.0. The molecule has 0 saturated carbocycles. The van der Waals surface area contributed by atoms with Crippen LogP contribution in [0.25, 0.3) is 6.08 Å². The van der Waals surface area contributed by atoms with Gasteiger partial charge >= 0.3 is 0 Å². The zero-order chi connectivity index (χ0) is 12.5. The van der Waals surface area contributed by atoms with Crippen molar-refractivity contribution in [1.29, 1.82) is 0 Å². The van der Waals surface area contributed by atoms with E-state index in [1.54, 1.807) is 12.2 Å². The van der Waals surface area contributed by atoms with Crippen molar-refractivity contribution in [3.8, 4) is 11.5 Å². The fraction of sp³-hybridized carbons (Fsp3) is 0.200. The molecule has 1 rings (SSSR count). The molecule has 1 aromatic carbocycles. The van der Waals surface area contributed by atoms with Crippen molar-refractivity contribution < 1.29 is 9.47 Å². The molecule has 0 atom stereocenters. The molecule has 0 amide bonds. The highest BCUT2D eigenvalue weighted by Crippen LogP contribution is 2.26. The molecule has 0 aliphatic rings. The molecule has 0 saturated heterocycles. The van der Waals surface area contributed by atoms with Gasteiger partial charge in [0.25, 0.3) is 0 Å². The van der Waals surface area contributed by atoms with Gasteiger partial charge in [-0.05, 0) is 19.1 Å². The zero-order valence-electron chi connectivity index (χ0n) is 10.2. The molecule has 0 aromatic heterocycles. The van der Waals surface area contributed by atoms with E-state index in [1.807, 2.05) is 37.3 Å². The predicted octanol–water partition coefficient (Wildman–Crippen LogP) is 3.85. The third-order valence-electron chi connectivity index (χ3n) is 2.06. The first-order valence-corrected chi connectivity index (χ1v) is 5.56. The summed E-state index contributed by atoms with van der Waals surface area (Å²) in [5.74, 6) is 1.57. The standard InChI is InChI=1S/C15H18O2/c1-4-7-13-8-9-14(16-10-5-2)12-15(13)17-11-6-3/h4-9,12H,2-3,10-11H2,1H3. The van der Waals surface area contributed by atoms with Crippen molar-refractivity contribution in [2.75, 3.05) is 13.2 Å². The van der Waals surface area contributed by atoms with Crippen molar-refractivity contribution in [3.05, 3.63) is 55.1 Å². The first-order valence-electron chi connectivity index (χ1n) is 5.56. The van der Waals surface area contributed by atoms with Crippen molar-refractivity contribution in [3.63, 3.8) is 0 Å². The van der Waals surface area contributed by atoms with E-state index in [9.17, 15) is 0 Å². The van der Waals surface area contributed by atoms with Gasteiger partial charge in [0.1, 0.15) is 24.7 Å². The van der Waals surface area contributed by atoms with E-state index in [2.05, 4.69) is 13.2 Å². The van der Waals surface area contributed by atoms with Crippen molar-refractivity contribution in [2.45, 2.75) is 6.92 Å². The molecule has 0 bridgehead atoms. The molecule has 1 aromatic rings. The maximum atomic E-state index is 5.58. The monoisotopic (exact) mass is 230 g/mol. The van der Waals surface area contributed by atoms with Crippen LogP contribution in [0, 0.1) is 0 Å². The topological polar surface area (TPSA) is 18.5 Å². The summed E-state index contributed by atoms with van der Waals surface area (Å²) in [5, 5.41) is 0. The van der Waals surface area contributed by atoms with Crippen LogP contribution < -0.4 is 9.47 Å². The number of hydrogen-bond donors (Lipinski definition) is 0. The largest absolute Gasteiger partial charge is 0.489 e. The van der Waals surface area contributed by atoms with Crippen LogP contribution in [0.3, 0.4) is 0 Å². The molecule has 0 heterocycles. The molecule has 0 N–H and O–H groups in total. The second kappa shape index (κ2) is 7.34. The second-order valence-corrected chi connectivity index (χ2v) is 3.40. The smallest absolute Gasteiger partial charge is 0.130 e. The average molecular weight is 230 g/mol. The van der Waals surface area contributed by atoms with Gasteiger partial charge in [-0.15, -0.1) is 0 Å². The van der Waals surface area contributed by atoms with Gasteiger partial charge in [-0.1, -0.05) is 37.5 Å². The van der Waals surface area contributed by atoms with Gasteiger partial charge in [0, 0.05) is 11.6 Å². The molecule has 0 aliphatic carbocycles. The third kappa shape index (κ3) is 4.19. The van der Waals surface area contributed by atoms with Gasteiger partial charge in [-0.25, -0.2) is 0 Å². The molecule has 0 fully saturated rings. The second-order valence-electron chi connectivity index (χ2n) is 3.40. The molecular formula is C15H18O2. The van der Waals surface area contributed by atoms with Gasteiger partial charge < -0.3 is 9.47 Å². The molecule has 0 aliphatic heterocycles. The first-order chi connectivity index (χ1) is 8.31. The van der Waals surface area contributed by atoms with Gasteiger partial charge in [0.05, 0.1) is 0 Å². The molecule has 2 nitrogen and oxygen atoms in total. The SMILES string of the molecule is C=CCOc1ccc(C=CC)c(OCC=C)c1. The van der Waals surface area contributed by atoms with E-state index in [1.165, 1.54) is 0 Å². The number of benzene rings is 1. The molecule has 17 heavy (non-hydrogen) atoms. The highest BCUT2D eigenvalue weighted by molar-refractivity contribution is 5.59. The average Bonchev–Trinajstić information content (AvgIpc) is 2.36. The zero-order valence-corrected chi connectivity index (χ0v) is 10.2. The van der Waals surface area contributed by atoms with Crippen LogP contribution in [0.2, 0.25) is 0 Å². The van der Waals surface area contributed by atoms with E-state index in [-0.39, 0.29) is 0 Å². The van der Waals surface area contributed by atoms with Crippen LogP contribution in [-0.4, -0.2) is 13.2 Å². The molecule has 0 unspecified atom stereocenters. The summed E-state index contributed by atoms with van der Waals surface area (Å²) in [6.45, 7) is 10.2. The van der Waals surface area contributed by atoms with E-state index in [0.717, 1.165) is 17.1 Å². The Morgan fingerprint density at radius 2 is 1.82 bits per heavy atom. The van der Waals surface area contributed by atoms with Crippen LogP contribution in [0.1, 0.15) is 12.5 Å². The van der Waals surface area contributed by atoms with Crippen LogP contribution >= 0.6 is 0 Å².